The Morgan fingerprint density at radius 2 is 2.40 bits per heavy atom. The minimum Gasteiger partial charge on any atom is -0.348 e. The second-order valence-corrected chi connectivity index (χ2v) is 5.84. The molecule has 0 radical (unpaired) electrons. The molecule has 0 unspecified atom stereocenters. The van der Waals surface area contributed by atoms with Gasteiger partial charge in [-0.15, -0.1) is 11.3 Å². The number of amides is 1. The Morgan fingerprint density at radius 1 is 1.50 bits per heavy atom. The molecule has 4 nitrogen and oxygen atoms in total. The lowest BCUT2D eigenvalue weighted by Crippen LogP contribution is -2.41. The van der Waals surface area contributed by atoms with Gasteiger partial charge in [0.05, 0.1) is 17.2 Å². The Hall–Kier alpha value is -1.62. The molecule has 0 saturated heterocycles. The van der Waals surface area contributed by atoms with Crippen LogP contribution in [0.25, 0.3) is 0 Å². The fourth-order valence-corrected chi connectivity index (χ4v) is 3.52. The van der Waals surface area contributed by atoms with Crippen molar-refractivity contribution in [2.45, 2.75) is 38.8 Å². The normalized spacial score (nSPS) is 18.1. The lowest BCUT2D eigenvalue weighted by molar-refractivity contribution is -0.134. The van der Waals surface area contributed by atoms with E-state index in [1.54, 1.807) is 11.3 Å². The summed E-state index contributed by atoms with van der Waals surface area (Å²) in [4.78, 5) is 18.8. The summed E-state index contributed by atoms with van der Waals surface area (Å²) in [6, 6.07) is 4.43. The van der Waals surface area contributed by atoms with Crippen LogP contribution < -0.4 is 0 Å². The summed E-state index contributed by atoms with van der Waals surface area (Å²) in [5, 5.41) is 2.02. The maximum atomic E-state index is 12.5. The van der Waals surface area contributed by atoms with Crippen LogP contribution in [-0.2, 0) is 17.8 Å². The molecule has 0 saturated carbocycles. The number of nitrogens with zero attached hydrogens (tertiary/aromatic N) is 3. The summed E-state index contributed by atoms with van der Waals surface area (Å²) >= 11 is 1.58. The quantitative estimate of drug-likeness (QED) is 0.868. The molecule has 1 atom stereocenters. The molecule has 5 heteroatoms. The number of fused-ring (bicyclic) bond motifs is 1. The van der Waals surface area contributed by atoms with Gasteiger partial charge in [-0.3, -0.25) is 4.79 Å². The van der Waals surface area contributed by atoms with Gasteiger partial charge in [-0.05, 0) is 25.0 Å². The topological polar surface area (TPSA) is 38.1 Å². The maximum absolute atomic E-state index is 12.5. The monoisotopic (exact) mass is 289 g/mol. The Morgan fingerprint density at radius 3 is 3.15 bits per heavy atom. The third-order valence-corrected chi connectivity index (χ3v) is 4.58. The van der Waals surface area contributed by atoms with Crippen LogP contribution in [0.15, 0.2) is 29.2 Å². The van der Waals surface area contributed by atoms with Crippen molar-refractivity contribution in [3.05, 3.63) is 40.6 Å². The van der Waals surface area contributed by atoms with Gasteiger partial charge in [0.15, 0.2) is 0 Å². The van der Waals surface area contributed by atoms with Gasteiger partial charge in [0.25, 0.3) is 0 Å². The van der Waals surface area contributed by atoms with Crippen molar-refractivity contribution in [2.75, 3.05) is 6.54 Å². The highest BCUT2D eigenvalue weighted by molar-refractivity contribution is 7.07. The molecule has 0 bridgehead atoms. The zero-order chi connectivity index (χ0) is 13.9. The summed E-state index contributed by atoms with van der Waals surface area (Å²) in [5.74, 6) is 0.248. The van der Waals surface area contributed by atoms with Gasteiger partial charge in [0.1, 0.15) is 0 Å². The second kappa shape index (κ2) is 5.79. The fraction of sp³-hybridized carbons (Fsp3) is 0.467. The maximum Gasteiger partial charge on any atom is 0.223 e. The van der Waals surface area contributed by atoms with E-state index in [2.05, 4.69) is 34.8 Å². The van der Waals surface area contributed by atoms with Crippen molar-refractivity contribution in [3.63, 3.8) is 0 Å². The minimum atomic E-state index is 0.224. The molecule has 2 aromatic rings. The number of aromatic nitrogens is 2. The fourth-order valence-electron chi connectivity index (χ4n) is 2.93. The number of hydrogen-bond acceptors (Lipinski definition) is 3. The molecule has 0 N–H and O–H groups in total. The third-order valence-electron chi connectivity index (χ3n) is 3.95. The SMILES string of the molecule is CC[C@H]1c2cccn2CCN1C(=O)CCc1cscn1. The van der Waals surface area contributed by atoms with E-state index in [9.17, 15) is 4.79 Å². The van der Waals surface area contributed by atoms with Gasteiger partial charge in [-0.2, -0.15) is 0 Å². The van der Waals surface area contributed by atoms with E-state index in [-0.39, 0.29) is 11.9 Å². The molecular weight excluding hydrogens is 270 g/mol. The molecule has 3 heterocycles. The van der Waals surface area contributed by atoms with Crippen molar-refractivity contribution >= 4 is 17.2 Å². The molecule has 106 valence electrons. The largest absolute Gasteiger partial charge is 0.348 e. The second-order valence-electron chi connectivity index (χ2n) is 5.12. The molecular formula is C15H19N3OS. The van der Waals surface area contributed by atoms with E-state index in [1.807, 2.05) is 15.8 Å². The van der Waals surface area contributed by atoms with Crippen LogP contribution in [0.5, 0.6) is 0 Å². The van der Waals surface area contributed by atoms with Gasteiger partial charge in [0, 0.05) is 36.8 Å². The molecule has 0 aliphatic carbocycles. The molecule has 1 aliphatic heterocycles. The van der Waals surface area contributed by atoms with Crippen LogP contribution in [-0.4, -0.2) is 26.9 Å². The molecule has 20 heavy (non-hydrogen) atoms. The summed E-state index contributed by atoms with van der Waals surface area (Å²) in [5.41, 5.74) is 4.11. The van der Waals surface area contributed by atoms with E-state index in [1.165, 1.54) is 5.69 Å². The first-order valence-corrected chi connectivity index (χ1v) is 8.05. The van der Waals surface area contributed by atoms with Crippen molar-refractivity contribution in [1.82, 2.24) is 14.5 Å². The number of hydrogen-bond donors (Lipinski definition) is 0. The van der Waals surface area contributed by atoms with Crippen molar-refractivity contribution in [2.24, 2.45) is 0 Å². The number of carbonyl (C=O) groups excluding carboxylic acids is 1. The molecule has 1 amide bonds. The molecule has 0 fully saturated rings. The Bertz CT molecular complexity index is 576. The molecule has 3 rings (SSSR count). The highest BCUT2D eigenvalue weighted by atomic mass is 32.1. The van der Waals surface area contributed by atoms with Crippen molar-refractivity contribution in [1.29, 1.82) is 0 Å². The van der Waals surface area contributed by atoms with E-state index in [0.717, 1.165) is 31.6 Å². The highest BCUT2D eigenvalue weighted by Gasteiger charge is 2.28. The average Bonchev–Trinajstić information content (AvgIpc) is 3.14. The summed E-state index contributed by atoms with van der Waals surface area (Å²) in [6.07, 6.45) is 4.37. The van der Waals surface area contributed by atoms with Crippen LogP contribution in [0.4, 0.5) is 0 Å². The van der Waals surface area contributed by atoms with Crippen molar-refractivity contribution < 1.29 is 4.79 Å². The first kappa shape index (κ1) is 13.4. The van der Waals surface area contributed by atoms with E-state index >= 15 is 0 Å². The predicted molar refractivity (Wildman–Crippen MR) is 79.6 cm³/mol. The Balaban J connectivity index is 1.68. The van der Waals surface area contributed by atoms with E-state index in [0.29, 0.717) is 6.42 Å². The first-order chi connectivity index (χ1) is 9.79. The van der Waals surface area contributed by atoms with Gasteiger partial charge in [-0.25, -0.2) is 4.98 Å². The highest BCUT2D eigenvalue weighted by Crippen LogP contribution is 2.29. The average molecular weight is 289 g/mol. The zero-order valence-corrected chi connectivity index (χ0v) is 12.5. The Kier molecular flexibility index (Phi) is 3.87. The number of aryl methyl sites for hydroxylation is 1. The van der Waals surface area contributed by atoms with Crippen LogP contribution in [0.3, 0.4) is 0 Å². The van der Waals surface area contributed by atoms with E-state index < -0.39 is 0 Å². The van der Waals surface area contributed by atoms with E-state index in [4.69, 9.17) is 0 Å². The standard InChI is InChI=1S/C15H19N3OS/c1-2-13-14-4-3-7-17(14)8-9-18(13)15(19)6-5-12-10-20-11-16-12/h3-4,7,10-11,13H,2,5-6,8-9H2,1H3/t13-/m0/s1. The lowest BCUT2D eigenvalue weighted by Gasteiger charge is -2.36. The predicted octanol–water partition coefficient (Wildman–Crippen LogP) is 2.87. The number of carbonyl (C=O) groups is 1. The number of thiazole rings is 1. The number of rotatable bonds is 4. The first-order valence-electron chi connectivity index (χ1n) is 7.11. The van der Waals surface area contributed by atoms with Crippen LogP contribution in [0.2, 0.25) is 0 Å². The van der Waals surface area contributed by atoms with Crippen molar-refractivity contribution in [3.8, 4) is 0 Å². The van der Waals surface area contributed by atoms with Gasteiger partial charge < -0.3 is 9.47 Å². The lowest BCUT2D eigenvalue weighted by atomic mass is 10.1. The summed E-state index contributed by atoms with van der Waals surface area (Å²) < 4.78 is 2.26. The van der Waals surface area contributed by atoms with Gasteiger partial charge in [-0.1, -0.05) is 6.92 Å². The molecule has 0 aromatic carbocycles. The van der Waals surface area contributed by atoms with Crippen LogP contribution in [0.1, 0.15) is 37.2 Å². The van der Waals surface area contributed by atoms with Gasteiger partial charge >= 0.3 is 0 Å². The Labute approximate surface area is 123 Å². The third kappa shape index (κ3) is 2.50. The molecule has 1 aliphatic rings. The minimum absolute atomic E-state index is 0.224. The van der Waals surface area contributed by atoms with Crippen LogP contribution in [0, 0.1) is 0 Å². The summed E-state index contributed by atoms with van der Waals surface area (Å²) in [6.45, 7) is 3.87. The summed E-state index contributed by atoms with van der Waals surface area (Å²) in [7, 11) is 0. The van der Waals surface area contributed by atoms with Gasteiger partial charge in [0.2, 0.25) is 5.91 Å². The smallest absolute Gasteiger partial charge is 0.223 e. The van der Waals surface area contributed by atoms with Crippen LogP contribution >= 0.6 is 11.3 Å². The molecule has 2 aromatic heterocycles. The molecule has 0 spiro atoms. The zero-order valence-electron chi connectivity index (χ0n) is 11.7.